The fourth-order valence-electron chi connectivity index (χ4n) is 1.28. The lowest BCUT2D eigenvalue weighted by Gasteiger charge is -2.09. The van der Waals surface area contributed by atoms with Gasteiger partial charge >= 0.3 is 5.97 Å². The first-order chi connectivity index (χ1) is 8.85. The van der Waals surface area contributed by atoms with Crippen molar-refractivity contribution in [3.05, 3.63) is 33.9 Å². The maximum absolute atomic E-state index is 11.4. The van der Waals surface area contributed by atoms with Crippen LogP contribution in [0.5, 0.6) is 0 Å². The standard InChI is InChI=1S/C11H13N3O5.ClH/c1-6(12)10(15)13-8-3-7(11(16)19-2)4-9(5-8)14(17)18;/h3-6H,12H2,1-2H3,(H,13,15);1H/t6-;/m0./s1. The number of anilines is 1. The number of non-ortho nitro benzene ring substituents is 1. The van der Waals surface area contributed by atoms with Crippen molar-refractivity contribution in [3.63, 3.8) is 0 Å². The molecule has 1 rings (SSSR count). The molecule has 110 valence electrons. The SMILES string of the molecule is COC(=O)c1cc(NC(=O)[C@H](C)N)cc([N+](=O)[O-])c1.Cl. The number of ether oxygens (including phenoxy) is 1. The third-order valence-corrected chi connectivity index (χ3v) is 2.23. The molecule has 0 radical (unpaired) electrons. The molecule has 0 spiro atoms. The molecule has 0 saturated carbocycles. The topological polar surface area (TPSA) is 125 Å². The summed E-state index contributed by atoms with van der Waals surface area (Å²) in [7, 11) is 1.15. The molecular weight excluding hydrogens is 290 g/mol. The molecule has 0 aliphatic heterocycles. The quantitative estimate of drug-likeness (QED) is 0.487. The van der Waals surface area contributed by atoms with Gasteiger partial charge in [-0.3, -0.25) is 14.9 Å². The molecule has 1 atom stereocenters. The number of nitrogens with zero attached hydrogens (tertiary/aromatic N) is 1. The van der Waals surface area contributed by atoms with Gasteiger partial charge in [0.2, 0.25) is 5.91 Å². The van der Waals surface area contributed by atoms with E-state index in [4.69, 9.17) is 5.73 Å². The summed E-state index contributed by atoms with van der Waals surface area (Å²) < 4.78 is 4.48. The molecule has 1 aromatic carbocycles. The number of hydrogen-bond acceptors (Lipinski definition) is 6. The predicted octanol–water partition coefficient (Wildman–Crippen LogP) is 1.09. The van der Waals surface area contributed by atoms with Gasteiger partial charge in [0.15, 0.2) is 0 Å². The number of amides is 1. The molecule has 1 aromatic rings. The highest BCUT2D eigenvalue weighted by Gasteiger charge is 2.16. The zero-order valence-electron chi connectivity index (χ0n) is 10.8. The second-order valence-electron chi connectivity index (χ2n) is 3.80. The van der Waals surface area contributed by atoms with Crippen molar-refractivity contribution in [3.8, 4) is 0 Å². The van der Waals surface area contributed by atoms with Crippen molar-refractivity contribution in [2.24, 2.45) is 5.73 Å². The Morgan fingerprint density at radius 1 is 1.40 bits per heavy atom. The first kappa shape index (κ1) is 17.8. The Kier molecular flexibility index (Phi) is 6.60. The number of hydrogen-bond donors (Lipinski definition) is 2. The van der Waals surface area contributed by atoms with Crippen LogP contribution in [-0.2, 0) is 9.53 Å². The number of nitro benzene ring substituents is 1. The molecule has 0 aliphatic carbocycles. The van der Waals surface area contributed by atoms with Crippen molar-refractivity contribution in [1.29, 1.82) is 0 Å². The Balaban J connectivity index is 0.00000361. The van der Waals surface area contributed by atoms with E-state index in [0.717, 1.165) is 19.2 Å². The molecule has 20 heavy (non-hydrogen) atoms. The minimum Gasteiger partial charge on any atom is -0.465 e. The van der Waals surface area contributed by atoms with Gasteiger partial charge < -0.3 is 15.8 Å². The van der Waals surface area contributed by atoms with Crippen LogP contribution in [-0.4, -0.2) is 30.0 Å². The number of benzene rings is 1. The van der Waals surface area contributed by atoms with Crippen LogP contribution in [0, 0.1) is 10.1 Å². The Morgan fingerprint density at radius 3 is 2.45 bits per heavy atom. The van der Waals surface area contributed by atoms with Crippen LogP contribution in [0.3, 0.4) is 0 Å². The van der Waals surface area contributed by atoms with Gasteiger partial charge in [0.1, 0.15) is 0 Å². The maximum Gasteiger partial charge on any atom is 0.338 e. The molecule has 0 aliphatic rings. The number of carbonyl (C=O) groups is 2. The van der Waals surface area contributed by atoms with Crippen LogP contribution in [0.1, 0.15) is 17.3 Å². The lowest BCUT2D eigenvalue weighted by molar-refractivity contribution is -0.384. The average Bonchev–Trinajstić information content (AvgIpc) is 2.37. The molecule has 8 nitrogen and oxygen atoms in total. The van der Waals surface area contributed by atoms with Crippen LogP contribution < -0.4 is 11.1 Å². The number of nitrogens with two attached hydrogens (primary N) is 1. The minimum absolute atomic E-state index is 0. The molecule has 9 heteroatoms. The fraction of sp³-hybridized carbons (Fsp3) is 0.273. The number of esters is 1. The zero-order valence-corrected chi connectivity index (χ0v) is 11.6. The summed E-state index contributed by atoms with van der Waals surface area (Å²) in [6.45, 7) is 1.47. The van der Waals surface area contributed by atoms with Crippen LogP contribution in [0.4, 0.5) is 11.4 Å². The normalized spacial score (nSPS) is 10.9. The van der Waals surface area contributed by atoms with Gasteiger partial charge in [0, 0.05) is 17.8 Å². The van der Waals surface area contributed by atoms with Crippen molar-refractivity contribution >= 4 is 35.7 Å². The summed E-state index contributed by atoms with van der Waals surface area (Å²) in [4.78, 5) is 32.9. The number of nitro groups is 1. The van der Waals surface area contributed by atoms with Crippen molar-refractivity contribution in [2.75, 3.05) is 12.4 Å². The molecule has 1 amide bonds. The van der Waals surface area contributed by atoms with Gasteiger partial charge in [0.25, 0.3) is 5.69 Å². The van der Waals surface area contributed by atoms with Crippen LogP contribution in [0.25, 0.3) is 0 Å². The average molecular weight is 304 g/mol. The summed E-state index contributed by atoms with van der Waals surface area (Å²) in [5.74, 6) is -1.25. The number of halogens is 1. The van der Waals surface area contributed by atoms with Crippen molar-refractivity contribution < 1.29 is 19.2 Å². The lowest BCUT2D eigenvalue weighted by atomic mass is 10.1. The smallest absolute Gasteiger partial charge is 0.338 e. The van der Waals surface area contributed by atoms with Gasteiger partial charge in [-0.05, 0) is 13.0 Å². The molecule has 0 fully saturated rings. The maximum atomic E-state index is 11.4. The van der Waals surface area contributed by atoms with Crippen LogP contribution in [0.15, 0.2) is 18.2 Å². The van der Waals surface area contributed by atoms with E-state index in [1.165, 1.54) is 13.0 Å². The Morgan fingerprint density at radius 2 is 2.00 bits per heavy atom. The largest absolute Gasteiger partial charge is 0.465 e. The number of carbonyl (C=O) groups excluding carboxylic acids is 2. The highest BCUT2D eigenvalue weighted by atomic mass is 35.5. The molecule has 0 saturated heterocycles. The van der Waals surface area contributed by atoms with E-state index < -0.39 is 22.8 Å². The van der Waals surface area contributed by atoms with E-state index in [9.17, 15) is 19.7 Å². The van der Waals surface area contributed by atoms with Gasteiger partial charge in [-0.2, -0.15) is 0 Å². The minimum atomic E-state index is -0.777. The number of nitrogens with one attached hydrogen (secondary N) is 1. The van der Waals surface area contributed by atoms with E-state index in [0.29, 0.717) is 0 Å². The molecule has 0 aromatic heterocycles. The van der Waals surface area contributed by atoms with Crippen LogP contribution in [0.2, 0.25) is 0 Å². The van der Waals surface area contributed by atoms with Crippen molar-refractivity contribution in [2.45, 2.75) is 13.0 Å². The third kappa shape index (κ3) is 4.48. The zero-order chi connectivity index (χ0) is 14.6. The fourth-order valence-corrected chi connectivity index (χ4v) is 1.28. The Bertz CT molecular complexity index is 533. The third-order valence-electron chi connectivity index (χ3n) is 2.23. The van der Waals surface area contributed by atoms with Crippen molar-refractivity contribution in [1.82, 2.24) is 0 Å². The Labute approximate surface area is 120 Å². The molecule has 3 N–H and O–H groups in total. The van der Waals surface area contributed by atoms with Gasteiger partial charge in [0.05, 0.1) is 23.6 Å². The molecule has 0 bridgehead atoms. The monoisotopic (exact) mass is 303 g/mol. The first-order valence-electron chi connectivity index (χ1n) is 5.29. The molecular formula is C11H14ClN3O5. The van der Waals surface area contributed by atoms with E-state index in [1.807, 2.05) is 0 Å². The van der Waals surface area contributed by atoms with E-state index in [2.05, 4.69) is 10.1 Å². The second kappa shape index (κ2) is 7.41. The second-order valence-corrected chi connectivity index (χ2v) is 3.80. The summed E-state index contributed by atoms with van der Waals surface area (Å²) in [6.07, 6.45) is 0. The van der Waals surface area contributed by atoms with E-state index >= 15 is 0 Å². The van der Waals surface area contributed by atoms with Gasteiger partial charge in [-0.25, -0.2) is 4.79 Å². The summed E-state index contributed by atoms with van der Waals surface area (Å²) in [5.41, 5.74) is 5.11. The summed E-state index contributed by atoms with van der Waals surface area (Å²) in [6, 6.07) is 2.69. The molecule has 0 heterocycles. The van der Waals surface area contributed by atoms with Gasteiger partial charge in [-0.15, -0.1) is 12.4 Å². The van der Waals surface area contributed by atoms with E-state index in [-0.39, 0.29) is 29.3 Å². The summed E-state index contributed by atoms with van der Waals surface area (Å²) in [5, 5.41) is 13.1. The van der Waals surface area contributed by atoms with Crippen LogP contribution >= 0.6 is 12.4 Å². The number of rotatable bonds is 4. The lowest BCUT2D eigenvalue weighted by Crippen LogP contribution is -2.32. The highest BCUT2D eigenvalue weighted by molar-refractivity contribution is 5.97. The van der Waals surface area contributed by atoms with Gasteiger partial charge in [-0.1, -0.05) is 0 Å². The summed E-state index contributed by atoms with van der Waals surface area (Å²) >= 11 is 0. The van der Waals surface area contributed by atoms with E-state index in [1.54, 1.807) is 0 Å². The predicted molar refractivity (Wildman–Crippen MR) is 74.0 cm³/mol. The number of methoxy groups -OCH3 is 1. The Hall–Kier alpha value is -2.19. The first-order valence-corrected chi connectivity index (χ1v) is 5.29. The highest BCUT2D eigenvalue weighted by Crippen LogP contribution is 2.21. The molecule has 0 unspecified atom stereocenters.